The third-order valence-electron chi connectivity index (χ3n) is 6.97. The molecule has 1 aliphatic rings. The van der Waals surface area contributed by atoms with E-state index in [9.17, 15) is 22.8 Å². The molecule has 0 aliphatic carbocycles. The van der Waals surface area contributed by atoms with Gasteiger partial charge in [-0.25, -0.2) is 15.0 Å². The summed E-state index contributed by atoms with van der Waals surface area (Å²) in [6, 6.07) is 8.99. The van der Waals surface area contributed by atoms with Crippen LogP contribution in [0, 0.1) is 5.92 Å². The topological polar surface area (TPSA) is 139 Å². The summed E-state index contributed by atoms with van der Waals surface area (Å²) in [6.45, 7) is 5.58. The van der Waals surface area contributed by atoms with Crippen molar-refractivity contribution in [3.63, 3.8) is 0 Å². The molecule has 1 saturated heterocycles. The van der Waals surface area contributed by atoms with Crippen LogP contribution in [0.4, 0.5) is 24.7 Å². The Morgan fingerprint density at radius 3 is 2.76 bits per heavy atom. The number of rotatable bonds is 7. The molecule has 3 heterocycles. The van der Waals surface area contributed by atoms with Crippen molar-refractivity contribution in [2.45, 2.75) is 45.3 Å². The van der Waals surface area contributed by atoms with Crippen molar-refractivity contribution in [3.05, 3.63) is 64.7 Å². The lowest BCUT2D eigenvalue weighted by Gasteiger charge is -2.35. The number of likely N-dealkylation sites (tertiary alicyclic amines) is 1. The number of benzene rings is 2. The first-order valence-electron chi connectivity index (χ1n) is 13.5. The number of halogens is 3. The first-order chi connectivity index (χ1) is 20.0. The predicted molar refractivity (Wildman–Crippen MR) is 152 cm³/mol. The van der Waals surface area contributed by atoms with E-state index in [-0.39, 0.29) is 45.8 Å². The number of carbonyl (C=O) groups is 1. The van der Waals surface area contributed by atoms with Crippen LogP contribution in [0.3, 0.4) is 0 Å². The second kappa shape index (κ2) is 11.8. The number of hydrogen-bond acceptors (Lipinski definition) is 8. The molecule has 220 valence electrons. The Morgan fingerprint density at radius 1 is 1.19 bits per heavy atom. The van der Waals surface area contributed by atoms with Crippen molar-refractivity contribution in [3.8, 4) is 22.9 Å². The molecular formula is C29H30F3N7O3. The fourth-order valence-corrected chi connectivity index (χ4v) is 5.07. The number of fused-ring (bicyclic) bond motifs is 1. The second-order valence-corrected chi connectivity index (χ2v) is 10.6. The summed E-state index contributed by atoms with van der Waals surface area (Å²) >= 11 is 0. The number of aromatic amines is 1. The number of nitrogens with one attached hydrogen (secondary N) is 2. The Kier molecular flexibility index (Phi) is 8.12. The maximum absolute atomic E-state index is 13.7. The average molecular weight is 582 g/mol. The lowest BCUT2D eigenvalue weighted by Crippen LogP contribution is -2.48. The van der Waals surface area contributed by atoms with E-state index in [1.807, 2.05) is 0 Å². The number of alkyl halides is 3. The SMILES string of the molecule is CC(C)CN1CCCC[C@@H]1C(=O)Nc1cc(C(F)(F)F)ccc1-c1cc(Oc2cccc3[nH]c(=O)c(N)nc23)ncn1. The molecule has 13 heteroatoms. The number of para-hydroxylation sites is 1. The third kappa shape index (κ3) is 6.35. The number of carbonyl (C=O) groups excluding carboxylic acids is 1. The largest absolute Gasteiger partial charge is 0.437 e. The fourth-order valence-electron chi connectivity index (χ4n) is 5.07. The molecule has 42 heavy (non-hydrogen) atoms. The van der Waals surface area contributed by atoms with Gasteiger partial charge in [-0.2, -0.15) is 13.2 Å². The van der Waals surface area contributed by atoms with Gasteiger partial charge in [0.25, 0.3) is 5.56 Å². The number of amides is 1. The van der Waals surface area contributed by atoms with Crippen LogP contribution < -0.4 is 21.3 Å². The zero-order valence-electron chi connectivity index (χ0n) is 23.0. The smallest absolute Gasteiger partial charge is 0.416 e. The lowest BCUT2D eigenvalue weighted by molar-refractivity contribution is -0.137. The van der Waals surface area contributed by atoms with E-state index < -0.39 is 23.3 Å². The first-order valence-corrected chi connectivity index (χ1v) is 13.5. The van der Waals surface area contributed by atoms with Crippen LogP contribution in [0.15, 0.2) is 53.6 Å². The Morgan fingerprint density at radius 2 is 2.00 bits per heavy atom. The van der Waals surface area contributed by atoms with E-state index in [4.69, 9.17) is 10.5 Å². The molecule has 0 unspecified atom stereocenters. The summed E-state index contributed by atoms with van der Waals surface area (Å²) in [7, 11) is 0. The third-order valence-corrected chi connectivity index (χ3v) is 6.97. The maximum Gasteiger partial charge on any atom is 0.416 e. The number of nitrogens with zero attached hydrogens (tertiary/aromatic N) is 4. The number of piperidine rings is 1. The molecule has 4 N–H and O–H groups in total. The maximum atomic E-state index is 13.7. The molecule has 0 bridgehead atoms. The van der Waals surface area contributed by atoms with Gasteiger partial charge >= 0.3 is 6.18 Å². The molecule has 2 aromatic heterocycles. The number of nitrogens with two attached hydrogens (primary N) is 1. The number of aromatic nitrogens is 4. The van der Waals surface area contributed by atoms with Crippen LogP contribution in [0.2, 0.25) is 0 Å². The zero-order chi connectivity index (χ0) is 30.0. The summed E-state index contributed by atoms with van der Waals surface area (Å²) in [6.07, 6.45) is -0.973. The van der Waals surface area contributed by atoms with E-state index in [2.05, 4.69) is 44.0 Å². The van der Waals surface area contributed by atoms with Gasteiger partial charge < -0.3 is 20.8 Å². The number of nitrogen functional groups attached to an aromatic ring is 1. The van der Waals surface area contributed by atoms with Crippen LogP contribution in [0.1, 0.15) is 38.7 Å². The standard InChI is InChI=1S/C29H30F3N7O3/c1-16(2)14-39-11-4-3-7-22(39)27(40)37-21-12-17(29(30,31)32)9-10-18(21)20-13-24(35-15-34-20)42-23-8-5-6-19-25(23)38-26(33)28(41)36-19/h5-6,8-10,12-13,15-16,22H,3-4,7,11,14H2,1-2H3,(H2,33,38)(H,36,41)(H,37,40)/t22-/m1/s1. The van der Waals surface area contributed by atoms with Crippen molar-refractivity contribution < 1.29 is 22.7 Å². The molecule has 1 aliphatic heterocycles. The highest BCUT2D eigenvalue weighted by molar-refractivity contribution is 5.98. The Labute approximate surface area is 239 Å². The lowest BCUT2D eigenvalue weighted by atomic mass is 9.99. The highest BCUT2D eigenvalue weighted by Crippen LogP contribution is 2.37. The fraction of sp³-hybridized carbons (Fsp3) is 0.345. The molecule has 0 saturated carbocycles. The molecule has 2 aromatic carbocycles. The van der Waals surface area contributed by atoms with E-state index in [1.165, 1.54) is 18.5 Å². The Bertz CT molecular complexity index is 1670. The summed E-state index contributed by atoms with van der Waals surface area (Å²) in [5, 5.41) is 2.76. The first kappa shape index (κ1) is 29.0. The minimum atomic E-state index is -4.61. The number of anilines is 2. The van der Waals surface area contributed by atoms with Gasteiger partial charge in [-0.15, -0.1) is 0 Å². The van der Waals surface area contributed by atoms with Gasteiger partial charge in [-0.05, 0) is 49.6 Å². The van der Waals surface area contributed by atoms with Gasteiger partial charge in [0.05, 0.1) is 28.5 Å². The van der Waals surface area contributed by atoms with E-state index in [0.29, 0.717) is 24.4 Å². The molecule has 0 spiro atoms. The van der Waals surface area contributed by atoms with Crippen molar-refractivity contribution >= 4 is 28.4 Å². The van der Waals surface area contributed by atoms with Gasteiger partial charge in [-0.3, -0.25) is 14.5 Å². The quantitative estimate of drug-likeness (QED) is 0.270. The van der Waals surface area contributed by atoms with Crippen molar-refractivity contribution in [2.75, 3.05) is 24.1 Å². The van der Waals surface area contributed by atoms with E-state index in [1.54, 1.807) is 18.2 Å². The average Bonchev–Trinajstić information content (AvgIpc) is 2.94. The Hall–Kier alpha value is -4.52. The second-order valence-electron chi connectivity index (χ2n) is 10.6. The van der Waals surface area contributed by atoms with E-state index in [0.717, 1.165) is 31.5 Å². The van der Waals surface area contributed by atoms with E-state index >= 15 is 0 Å². The predicted octanol–water partition coefficient (Wildman–Crippen LogP) is 5.22. The van der Waals surface area contributed by atoms with Crippen LogP contribution in [0.5, 0.6) is 11.6 Å². The van der Waals surface area contributed by atoms with Crippen molar-refractivity contribution in [1.82, 2.24) is 24.8 Å². The molecule has 5 rings (SSSR count). The van der Waals surface area contributed by atoms with Gasteiger partial charge in [0.2, 0.25) is 11.8 Å². The van der Waals surface area contributed by atoms with Crippen LogP contribution in [0.25, 0.3) is 22.3 Å². The number of ether oxygens (including phenoxy) is 1. The zero-order valence-corrected chi connectivity index (χ0v) is 23.0. The molecule has 1 atom stereocenters. The molecule has 10 nitrogen and oxygen atoms in total. The molecule has 0 radical (unpaired) electrons. The number of hydrogen-bond donors (Lipinski definition) is 3. The molecular weight excluding hydrogens is 551 g/mol. The normalized spacial score (nSPS) is 16.1. The van der Waals surface area contributed by atoms with Gasteiger partial charge in [-0.1, -0.05) is 32.4 Å². The highest BCUT2D eigenvalue weighted by Gasteiger charge is 2.33. The Balaban J connectivity index is 1.49. The van der Waals surface area contributed by atoms with Crippen molar-refractivity contribution in [1.29, 1.82) is 0 Å². The summed E-state index contributed by atoms with van der Waals surface area (Å²) < 4.78 is 47.0. The minimum Gasteiger partial charge on any atom is -0.437 e. The summed E-state index contributed by atoms with van der Waals surface area (Å²) in [5.41, 5.74) is 5.39. The van der Waals surface area contributed by atoms with Crippen LogP contribution in [-0.2, 0) is 11.0 Å². The summed E-state index contributed by atoms with van der Waals surface area (Å²) in [5.74, 6) is 0.0256. The van der Waals surface area contributed by atoms with Gasteiger partial charge in [0, 0.05) is 18.2 Å². The minimum absolute atomic E-state index is 0.0216. The molecule has 1 fully saturated rings. The van der Waals surface area contributed by atoms with Crippen molar-refractivity contribution in [2.24, 2.45) is 5.92 Å². The highest BCUT2D eigenvalue weighted by atomic mass is 19.4. The monoisotopic (exact) mass is 581 g/mol. The molecule has 1 amide bonds. The van der Waals surface area contributed by atoms with Gasteiger partial charge in [0.15, 0.2) is 11.6 Å². The summed E-state index contributed by atoms with van der Waals surface area (Å²) in [4.78, 5) is 42.5. The van der Waals surface area contributed by atoms with Crippen LogP contribution >= 0.6 is 0 Å². The van der Waals surface area contributed by atoms with Crippen LogP contribution in [-0.4, -0.2) is 49.9 Å². The van der Waals surface area contributed by atoms with Gasteiger partial charge in [0.1, 0.15) is 11.8 Å². The number of H-pyrrole nitrogens is 1. The molecule has 4 aromatic rings.